The Hall–Kier alpha value is -0.209. The summed E-state index contributed by atoms with van der Waals surface area (Å²) in [4.78, 5) is 7.35. The maximum Gasteiger partial charge on any atom is 2.00 e. The Morgan fingerprint density at radius 2 is 1.45 bits per heavy atom. The molecule has 1 aromatic heterocycles. The van der Waals surface area contributed by atoms with E-state index in [0.717, 1.165) is 0 Å². The topological polar surface area (TPSA) is 103 Å². The van der Waals surface area contributed by atoms with E-state index in [9.17, 15) is 0 Å². The van der Waals surface area contributed by atoms with E-state index in [1.807, 2.05) is 0 Å². The van der Waals surface area contributed by atoms with Crippen molar-refractivity contribution >= 4 is 30.7 Å². The van der Waals surface area contributed by atoms with Crippen molar-refractivity contribution in [1.82, 2.24) is 9.97 Å². The molecule has 0 unspecified atom stereocenters. The van der Waals surface area contributed by atoms with E-state index in [1.165, 1.54) is 6.33 Å². The summed E-state index contributed by atoms with van der Waals surface area (Å²) in [7, 11) is -1.25. The minimum Gasteiger partial charge on any atom is -0.896 e. The molecular formula is C4H7BMgN2O3. The van der Waals surface area contributed by atoms with Gasteiger partial charge in [0.25, 0.3) is 0 Å². The third kappa shape index (κ3) is 17.7. The van der Waals surface area contributed by atoms with Gasteiger partial charge in [0.1, 0.15) is 6.33 Å². The molecule has 1 heterocycles. The minimum absolute atomic E-state index is 0. The summed E-state index contributed by atoms with van der Waals surface area (Å²) in [5.74, 6) is 0. The molecule has 0 aliphatic rings. The third-order valence-corrected chi connectivity index (χ3v) is 0.478. The maximum absolute atomic E-state index is 8.38. The maximum atomic E-state index is 8.38. The smallest absolute Gasteiger partial charge is 0.896 e. The molecule has 0 aliphatic heterocycles. The van der Waals surface area contributed by atoms with Crippen LogP contribution in [0.1, 0.15) is 0 Å². The van der Waals surface area contributed by atoms with Crippen LogP contribution in [-0.4, -0.2) is 46.2 Å². The largest absolute Gasteiger partial charge is 2.00 e. The summed E-state index contributed by atoms with van der Waals surface area (Å²) in [5, 5.41) is 16.8. The number of rotatable bonds is 0. The minimum atomic E-state index is -1.25. The Balaban J connectivity index is -0.000000116. The van der Waals surface area contributed by atoms with E-state index < -0.39 is 7.69 Å². The molecule has 0 bridgehead atoms. The second kappa shape index (κ2) is 16.4. The van der Waals surface area contributed by atoms with Crippen molar-refractivity contribution in [3.63, 3.8) is 0 Å². The Morgan fingerprint density at radius 3 is 1.55 bits per heavy atom. The molecule has 1 rings (SSSR count). The molecule has 0 radical (unpaired) electrons. The molecule has 0 saturated carbocycles. The molecule has 5 nitrogen and oxygen atoms in total. The summed E-state index contributed by atoms with van der Waals surface area (Å²) in [6.45, 7) is 0. The van der Waals surface area contributed by atoms with Gasteiger partial charge in [-0.3, -0.25) is 0 Å². The van der Waals surface area contributed by atoms with Gasteiger partial charge in [0, 0.05) is 12.4 Å². The predicted octanol–water partition coefficient (Wildman–Crippen LogP) is -3.76. The second-order valence-corrected chi connectivity index (χ2v) is 1.02. The van der Waals surface area contributed by atoms with Crippen LogP contribution in [-0.2, 0) is 0 Å². The van der Waals surface area contributed by atoms with Gasteiger partial charge in [0.2, 0.25) is 0 Å². The molecule has 2 N–H and O–H groups in total. The second-order valence-electron chi connectivity index (χ2n) is 1.02. The molecule has 0 fully saturated rings. The van der Waals surface area contributed by atoms with Crippen LogP contribution < -0.4 is 10.0 Å². The Bertz CT molecular complexity index is 106. The molecule has 7 heteroatoms. The van der Waals surface area contributed by atoms with Crippen molar-refractivity contribution in [2.24, 2.45) is 0 Å². The number of hydrogen-bond acceptors (Lipinski definition) is 4. The standard InChI is InChI=1S/C4H4N2.BHO2.Mg.H2O/c1-2-5-4-6-3-1;2-1-3;;/h1-4H;1H;;1H2/q;-2;+2;. The number of aromatic nitrogens is 2. The average molecular weight is 166 g/mol. The summed E-state index contributed by atoms with van der Waals surface area (Å²) in [6, 6.07) is 1.78. The van der Waals surface area contributed by atoms with Gasteiger partial charge in [0.15, 0.2) is 0 Å². The molecule has 0 amide bonds. The van der Waals surface area contributed by atoms with Crippen LogP contribution in [0.5, 0.6) is 0 Å². The fourth-order valence-corrected chi connectivity index (χ4v) is 0.253. The zero-order valence-electron chi connectivity index (χ0n) is 5.93. The Labute approximate surface area is 81.3 Å². The van der Waals surface area contributed by atoms with E-state index in [1.54, 1.807) is 18.5 Å². The van der Waals surface area contributed by atoms with Gasteiger partial charge in [0.05, 0.1) is 0 Å². The SMILES string of the molecule is O.[Mg+2].[O-]B[O-].c1cncnc1. The first-order valence-electron chi connectivity index (χ1n) is 2.28. The molecule has 0 saturated heterocycles. The first-order valence-corrected chi connectivity index (χ1v) is 2.28. The van der Waals surface area contributed by atoms with E-state index in [4.69, 9.17) is 10.0 Å². The van der Waals surface area contributed by atoms with Gasteiger partial charge in [-0.25, -0.2) is 9.97 Å². The molecule has 0 atom stereocenters. The van der Waals surface area contributed by atoms with E-state index in [-0.39, 0.29) is 28.5 Å². The predicted molar refractivity (Wildman–Crippen MR) is 38.5 cm³/mol. The van der Waals surface area contributed by atoms with Crippen LogP contribution in [0.25, 0.3) is 0 Å². The van der Waals surface area contributed by atoms with Gasteiger partial charge in [-0.15, -0.1) is 7.69 Å². The van der Waals surface area contributed by atoms with Gasteiger partial charge in [-0.2, -0.15) is 0 Å². The first-order chi connectivity index (χ1) is 4.41. The zero-order valence-corrected chi connectivity index (χ0v) is 7.35. The van der Waals surface area contributed by atoms with E-state index >= 15 is 0 Å². The number of hydrogen-bond donors (Lipinski definition) is 0. The molecule has 0 aromatic carbocycles. The van der Waals surface area contributed by atoms with Crippen molar-refractivity contribution in [2.75, 3.05) is 0 Å². The van der Waals surface area contributed by atoms with Crippen molar-refractivity contribution in [1.29, 1.82) is 0 Å². The molecule has 1 aromatic rings. The molecule has 11 heavy (non-hydrogen) atoms. The summed E-state index contributed by atoms with van der Waals surface area (Å²) < 4.78 is 0. The van der Waals surface area contributed by atoms with Crippen molar-refractivity contribution in [2.45, 2.75) is 0 Å². The monoisotopic (exact) mass is 166 g/mol. The fourth-order valence-electron chi connectivity index (χ4n) is 0.253. The number of nitrogens with zero attached hydrogens (tertiary/aromatic N) is 2. The average Bonchev–Trinajstić information content (AvgIpc) is 1.93. The quantitative estimate of drug-likeness (QED) is 0.369. The molecule has 0 aliphatic carbocycles. The zero-order chi connectivity index (χ0) is 6.95. The van der Waals surface area contributed by atoms with Crippen molar-refractivity contribution < 1.29 is 15.5 Å². The first kappa shape index (κ1) is 17.0. The van der Waals surface area contributed by atoms with E-state index in [2.05, 4.69) is 9.97 Å². The van der Waals surface area contributed by atoms with Gasteiger partial charge in [-0.1, -0.05) is 0 Å². The third-order valence-electron chi connectivity index (χ3n) is 0.478. The Kier molecular flexibility index (Phi) is 25.4. The molecular weight excluding hydrogens is 159 g/mol. The van der Waals surface area contributed by atoms with Crippen LogP contribution in [0.4, 0.5) is 0 Å². The molecule has 0 spiro atoms. The van der Waals surface area contributed by atoms with Crippen LogP contribution in [0.3, 0.4) is 0 Å². The van der Waals surface area contributed by atoms with Crippen LogP contribution in [0.2, 0.25) is 0 Å². The fraction of sp³-hybridized carbons (Fsp3) is 0. The molecule has 56 valence electrons. The Morgan fingerprint density at radius 1 is 1.09 bits per heavy atom. The summed E-state index contributed by atoms with van der Waals surface area (Å²) in [6.07, 6.45) is 4.88. The van der Waals surface area contributed by atoms with Crippen molar-refractivity contribution in [3.05, 3.63) is 24.8 Å². The van der Waals surface area contributed by atoms with Crippen LogP contribution in [0, 0.1) is 0 Å². The van der Waals surface area contributed by atoms with Gasteiger partial charge < -0.3 is 15.5 Å². The van der Waals surface area contributed by atoms with Gasteiger partial charge >= 0.3 is 23.1 Å². The summed E-state index contributed by atoms with van der Waals surface area (Å²) >= 11 is 0. The summed E-state index contributed by atoms with van der Waals surface area (Å²) in [5.41, 5.74) is 0. The van der Waals surface area contributed by atoms with Crippen molar-refractivity contribution in [3.8, 4) is 0 Å². The van der Waals surface area contributed by atoms with Crippen LogP contribution >= 0.6 is 0 Å². The van der Waals surface area contributed by atoms with E-state index in [0.29, 0.717) is 0 Å². The van der Waals surface area contributed by atoms with Crippen LogP contribution in [0.15, 0.2) is 24.8 Å². The van der Waals surface area contributed by atoms with Gasteiger partial charge in [-0.05, 0) is 6.07 Å². The normalized spacial score (nSPS) is 5.64.